The maximum atomic E-state index is 10.8. The molecule has 2 unspecified atom stereocenters. The minimum Gasteiger partial charge on any atom is -0.390 e. The van der Waals surface area contributed by atoms with Crippen molar-refractivity contribution < 1.29 is 19.5 Å². The van der Waals surface area contributed by atoms with Crippen molar-refractivity contribution in [2.45, 2.75) is 6.04 Å². The van der Waals surface area contributed by atoms with Gasteiger partial charge in [0.15, 0.2) is 6.04 Å². The third kappa shape index (κ3) is 1.22. The highest BCUT2D eigenvalue weighted by Crippen LogP contribution is 2.29. The van der Waals surface area contributed by atoms with Gasteiger partial charge in [0.1, 0.15) is 19.7 Å². The van der Waals surface area contributed by atoms with Gasteiger partial charge >= 0.3 is 6.03 Å². The van der Waals surface area contributed by atoms with Gasteiger partial charge in [-0.1, -0.05) is 0 Å². The Bertz CT molecular complexity index is 173. The molecule has 0 aliphatic carbocycles. The SMILES string of the molecule is NC(=O)[N+]1(CCO)CC1CO. The fourth-order valence-corrected chi connectivity index (χ4v) is 1.38. The average Bonchev–Trinajstić information content (AvgIpc) is 2.65. The van der Waals surface area contributed by atoms with E-state index in [2.05, 4.69) is 0 Å². The molecule has 0 radical (unpaired) electrons. The van der Waals surface area contributed by atoms with Gasteiger partial charge in [-0.3, -0.25) is 0 Å². The molecule has 1 aliphatic heterocycles. The van der Waals surface area contributed by atoms with Crippen molar-refractivity contribution in [3.8, 4) is 0 Å². The molecule has 0 spiro atoms. The second-order valence-corrected chi connectivity index (χ2v) is 2.84. The average molecular weight is 161 g/mol. The Morgan fingerprint density at radius 2 is 2.27 bits per heavy atom. The van der Waals surface area contributed by atoms with E-state index in [9.17, 15) is 4.79 Å². The van der Waals surface area contributed by atoms with Gasteiger partial charge in [-0.05, 0) is 0 Å². The van der Waals surface area contributed by atoms with Crippen LogP contribution >= 0.6 is 0 Å². The van der Waals surface area contributed by atoms with Crippen LogP contribution in [0.4, 0.5) is 4.79 Å². The lowest BCUT2D eigenvalue weighted by Crippen LogP contribution is -2.43. The van der Waals surface area contributed by atoms with E-state index in [0.29, 0.717) is 13.1 Å². The molecule has 4 N–H and O–H groups in total. The third-order valence-electron chi connectivity index (χ3n) is 2.25. The number of nitrogens with two attached hydrogens (primary N) is 1. The largest absolute Gasteiger partial charge is 0.414 e. The highest BCUT2D eigenvalue weighted by Gasteiger charge is 2.59. The van der Waals surface area contributed by atoms with Crippen molar-refractivity contribution in [1.29, 1.82) is 0 Å². The molecule has 1 aliphatic rings. The molecule has 5 heteroatoms. The van der Waals surface area contributed by atoms with Crippen LogP contribution in [0.15, 0.2) is 0 Å². The standard InChI is InChI=1S/C6H12N2O3/c7-6(11)8(1-2-9)3-5(8)4-10/h5,9-10H,1-4H2,(H-,7,11)/p+1. The summed E-state index contributed by atoms with van der Waals surface area (Å²) in [6, 6.07) is -0.544. The van der Waals surface area contributed by atoms with Crippen LogP contribution in [0.2, 0.25) is 0 Å². The van der Waals surface area contributed by atoms with E-state index in [1.807, 2.05) is 0 Å². The number of aliphatic hydroxyl groups is 2. The Labute approximate surface area is 64.6 Å². The number of nitrogens with zero attached hydrogens (tertiary/aromatic N) is 1. The first-order chi connectivity index (χ1) is 5.17. The summed E-state index contributed by atoms with van der Waals surface area (Å²) in [5.41, 5.74) is 5.10. The van der Waals surface area contributed by atoms with Gasteiger partial charge in [-0.15, -0.1) is 0 Å². The monoisotopic (exact) mass is 161 g/mol. The van der Waals surface area contributed by atoms with Gasteiger partial charge in [0.05, 0.1) is 6.61 Å². The minimum atomic E-state index is -0.460. The second kappa shape index (κ2) is 2.77. The molecule has 2 atom stereocenters. The van der Waals surface area contributed by atoms with Gasteiger partial charge in [-0.2, -0.15) is 0 Å². The lowest BCUT2D eigenvalue weighted by Gasteiger charge is -2.12. The van der Waals surface area contributed by atoms with Crippen LogP contribution in [0, 0.1) is 0 Å². The van der Waals surface area contributed by atoms with Gasteiger partial charge in [-0.25, -0.2) is 9.28 Å². The van der Waals surface area contributed by atoms with E-state index in [1.165, 1.54) is 0 Å². The Hall–Kier alpha value is -0.650. The minimum absolute atomic E-state index is 0.0388. The van der Waals surface area contributed by atoms with Crippen LogP contribution in [0.5, 0.6) is 0 Å². The molecule has 0 aromatic carbocycles. The summed E-state index contributed by atoms with van der Waals surface area (Å²) < 4.78 is 0.0486. The molecular weight excluding hydrogens is 148 g/mol. The first kappa shape index (κ1) is 8.45. The number of carbonyl (C=O) groups is 1. The zero-order valence-corrected chi connectivity index (χ0v) is 6.23. The van der Waals surface area contributed by atoms with E-state index in [-0.39, 0.29) is 23.7 Å². The number of urea groups is 1. The van der Waals surface area contributed by atoms with Crippen LogP contribution in [-0.4, -0.2) is 53.1 Å². The number of quaternary nitrogens is 1. The van der Waals surface area contributed by atoms with Crippen molar-refractivity contribution in [3.05, 3.63) is 0 Å². The van der Waals surface area contributed by atoms with Crippen molar-refractivity contribution in [2.75, 3.05) is 26.3 Å². The number of primary amides is 1. The van der Waals surface area contributed by atoms with Crippen LogP contribution in [0.25, 0.3) is 0 Å². The highest BCUT2D eigenvalue weighted by atomic mass is 16.3. The van der Waals surface area contributed by atoms with E-state index in [1.54, 1.807) is 0 Å². The second-order valence-electron chi connectivity index (χ2n) is 2.84. The molecule has 1 heterocycles. The fourth-order valence-electron chi connectivity index (χ4n) is 1.38. The summed E-state index contributed by atoms with van der Waals surface area (Å²) >= 11 is 0. The summed E-state index contributed by atoms with van der Waals surface area (Å²) in [4.78, 5) is 10.8. The Morgan fingerprint density at radius 1 is 1.64 bits per heavy atom. The van der Waals surface area contributed by atoms with Gasteiger partial charge in [0.25, 0.3) is 0 Å². The van der Waals surface area contributed by atoms with E-state index < -0.39 is 6.03 Å². The summed E-state index contributed by atoms with van der Waals surface area (Å²) in [5.74, 6) is 0. The molecule has 1 fully saturated rings. The van der Waals surface area contributed by atoms with Crippen molar-refractivity contribution in [2.24, 2.45) is 5.73 Å². The zero-order chi connectivity index (χ0) is 8.48. The molecule has 2 amide bonds. The number of aliphatic hydroxyl groups excluding tert-OH is 2. The maximum absolute atomic E-state index is 10.8. The Kier molecular flexibility index (Phi) is 2.12. The first-order valence-electron chi connectivity index (χ1n) is 3.56. The molecule has 11 heavy (non-hydrogen) atoms. The maximum Gasteiger partial charge on any atom is 0.414 e. The molecule has 64 valence electrons. The highest BCUT2D eigenvalue weighted by molar-refractivity contribution is 5.66. The van der Waals surface area contributed by atoms with Crippen LogP contribution in [-0.2, 0) is 0 Å². The molecule has 5 nitrogen and oxygen atoms in total. The lowest BCUT2D eigenvalue weighted by atomic mass is 10.5. The molecule has 0 aromatic rings. The number of carbonyl (C=O) groups excluding carboxylic acids is 1. The van der Waals surface area contributed by atoms with Gasteiger partial charge in [0.2, 0.25) is 0 Å². The Morgan fingerprint density at radius 3 is 2.55 bits per heavy atom. The normalized spacial score (nSPS) is 35.3. The quantitative estimate of drug-likeness (QED) is 0.339. The van der Waals surface area contributed by atoms with E-state index in [4.69, 9.17) is 15.9 Å². The molecule has 1 rings (SSSR count). The van der Waals surface area contributed by atoms with Crippen molar-refractivity contribution in [3.63, 3.8) is 0 Å². The van der Waals surface area contributed by atoms with Crippen molar-refractivity contribution in [1.82, 2.24) is 0 Å². The van der Waals surface area contributed by atoms with E-state index in [0.717, 1.165) is 0 Å². The van der Waals surface area contributed by atoms with Crippen LogP contribution in [0.1, 0.15) is 0 Å². The fraction of sp³-hybridized carbons (Fsp3) is 0.833. The number of hydrogen-bond acceptors (Lipinski definition) is 3. The lowest BCUT2D eigenvalue weighted by molar-refractivity contribution is -0.728. The molecule has 0 saturated carbocycles. The predicted molar refractivity (Wildman–Crippen MR) is 37.5 cm³/mol. The van der Waals surface area contributed by atoms with Crippen LogP contribution in [0.3, 0.4) is 0 Å². The first-order valence-corrected chi connectivity index (χ1v) is 3.56. The Balaban J connectivity index is 2.55. The van der Waals surface area contributed by atoms with Crippen molar-refractivity contribution >= 4 is 6.03 Å². The van der Waals surface area contributed by atoms with Gasteiger partial charge in [0, 0.05) is 0 Å². The number of rotatable bonds is 3. The molecule has 1 saturated heterocycles. The molecule has 0 aromatic heterocycles. The summed E-state index contributed by atoms with van der Waals surface area (Å²) in [5, 5.41) is 17.3. The smallest absolute Gasteiger partial charge is 0.390 e. The topological polar surface area (TPSA) is 83.6 Å². The summed E-state index contributed by atoms with van der Waals surface area (Å²) in [7, 11) is 0. The van der Waals surface area contributed by atoms with E-state index >= 15 is 0 Å². The summed E-state index contributed by atoms with van der Waals surface area (Å²) in [6.45, 7) is 0.773. The molecular formula is C6H13N2O3+. The van der Waals surface area contributed by atoms with Gasteiger partial charge < -0.3 is 15.9 Å². The zero-order valence-electron chi connectivity index (χ0n) is 6.23. The predicted octanol–water partition coefficient (Wildman–Crippen LogP) is -1.75. The number of amides is 2. The third-order valence-corrected chi connectivity index (χ3v) is 2.25. The summed E-state index contributed by atoms with van der Waals surface area (Å²) in [6.07, 6.45) is 0. The molecule has 0 bridgehead atoms. The van der Waals surface area contributed by atoms with Crippen LogP contribution < -0.4 is 5.73 Å². The number of hydrogen-bond donors (Lipinski definition) is 3.